The van der Waals surface area contributed by atoms with Gasteiger partial charge in [-0.25, -0.2) is 9.59 Å². The zero-order valence-electron chi connectivity index (χ0n) is 15.5. The molecule has 0 bridgehead atoms. The Bertz CT molecular complexity index is 430. The van der Waals surface area contributed by atoms with Crippen molar-refractivity contribution in [3.8, 4) is 0 Å². The Morgan fingerprint density at radius 2 is 0.750 bits per heavy atom. The molecular weight excluding hydrogens is 296 g/mol. The van der Waals surface area contributed by atoms with Crippen molar-refractivity contribution in [3.05, 3.63) is 11.4 Å². The predicted molar refractivity (Wildman–Crippen MR) is 98.8 cm³/mol. The van der Waals surface area contributed by atoms with Crippen molar-refractivity contribution < 1.29 is 0 Å². The lowest BCUT2D eigenvalue weighted by Crippen LogP contribution is -2.39. The Hall–Kier alpha value is -1.06. The predicted octanol–water partition coefficient (Wildman–Crippen LogP) is 4.82. The molecule has 3 aliphatic rings. The molecule has 0 radical (unpaired) electrons. The van der Waals surface area contributed by atoms with E-state index in [1.807, 2.05) is 0 Å². The number of hydrogen-bond donors (Lipinski definition) is 0. The van der Waals surface area contributed by atoms with E-state index >= 15 is 0 Å². The molecule has 0 N–H and O–H groups in total. The second kappa shape index (κ2) is 7.88. The maximum Gasteiger partial charge on any atom is 0.0582 e. The van der Waals surface area contributed by atoms with E-state index in [0.717, 1.165) is 0 Å². The van der Waals surface area contributed by atoms with Gasteiger partial charge < -0.3 is 0 Å². The molecule has 3 heterocycles. The normalized spacial score (nSPS) is 22.5. The van der Waals surface area contributed by atoms with E-state index in [0.29, 0.717) is 0 Å². The van der Waals surface area contributed by atoms with Gasteiger partial charge in [0.2, 0.25) is 0 Å². The molecule has 0 fully saturated rings. The van der Waals surface area contributed by atoms with Crippen LogP contribution in [0.2, 0.25) is 0 Å². The molecule has 136 valence electrons. The van der Waals surface area contributed by atoms with Crippen LogP contribution in [-0.4, -0.2) is 19.0 Å². The molecule has 0 spiro atoms. The van der Waals surface area contributed by atoms with Crippen molar-refractivity contribution >= 4 is 0 Å². The van der Waals surface area contributed by atoms with Crippen molar-refractivity contribution in [2.75, 3.05) is 0 Å². The Morgan fingerprint density at radius 1 is 0.375 bits per heavy atom. The van der Waals surface area contributed by atoms with Gasteiger partial charge in [0.1, 0.15) is 0 Å². The van der Waals surface area contributed by atoms with Gasteiger partial charge in [0.15, 0.2) is 0 Å². The summed E-state index contributed by atoms with van der Waals surface area (Å²) in [5.74, 6) is 0. The van der Waals surface area contributed by atoms with Gasteiger partial charge in [-0.05, 0) is 51.4 Å². The summed E-state index contributed by atoms with van der Waals surface area (Å²) >= 11 is 0. The first-order valence-corrected chi connectivity index (χ1v) is 10.8. The van der Waals surface area contributed by atoms with Crippen LogP contribution in [0.25, 0.3) is 0 Å². The van der Waals surface area contributed by atoms with Crippen LogP contribution >= 0.6 is 0 Å². The van der Waals surface area contributed by atoms with E-state index in [4.69, 9.17) is 0 Å². The highest BCUT2D eigenvalue weighted by Crippen LogP contribution is 2.24. The second-order valence-corrected chi connectivity index (χ2v) is 8.07. The van der Waals surface area contributed by atoms with Crippen molar-refractivity contribution in [1.29, 1.82) is 0 Å². The van der Waals surface area contributed by atoms with E-state index < -0.39 is 0 Å². The minimum Gasteiger partial charge on any atom is -0.272 e. The maximum absolute atomic E-state index is 2.72. The topological polar surface area (TPSA) is 19.7 Å². The summed E-state index contributed by atoms with van der Waals surface area (Å²) < 4.78 is 5.44. The molecule has 0 amide bonds. The van der Waals surface area contributed by atoms with Crippen LogP contribution in [0.3, 0.4) is 0 Å². The summed E-state index contributed by atoms with van der Waals surface area (Å²) in [6.07, 6.45) is 19.3. The summed E-state index contributed by atoms with van der Waals surface area (Å²) in [6, 6.07) is 0. The van der Waals surface area contributed by atoms with Crippen molar-refractivity contribution in [3.63, 3.8) is 0 Å². The van der Waals surface area contributed by atoms with Crippen LogP contribution in [0.5, 0.6) is 0 Å². The van der Waals surface area contributed by atoms with Crippen LogP contribution in [0.15, 0.2) is 0 Å². The molecule has 1 aliphatic carbocycles. The SMILES string of the molecule is C1CCCc2c(n3n(n4n2CCCCCC4)CCCCCC3)CC1. The van der Waals surface area contributed by atoms with E-state index in [1.54, 1.807) is 11.4 Å². The molecule has 0 saturated carbocycles. The lowest BCUT2D eigenvalue weighted by atomic mass is 10.00. The lowest BCUT2D eigenvalue weighted by molar-refractivity contribution is 0.177. The van der Waals surface area contributed by atoms with Gasteiger partial charge in [0.25, 0.3) is 0 Å². The summed E-state index contributed by atoms with van der Waals surface area (Å²) in [7, 11) is 0. The average molecular weight is 333 g/mol. The molecule has 4 heteroatoms. The van der Waals surface area contributed by atoms with Crippen LogP contribution in [0.4, 0.5) is 0 Å². The van der Waals surface area contributed by atoms with Gasteiger partial charge >= 0.3 is 0 Å². The van der Waals surface area contributed by atoms with E-state index in [9.17, 15) is 0 Å². The third-order valence-corrected chi connectivity index (χ3v) is 6.31. The Morgan fingerprint density at radius 3 is 1.21 bits per heavy atom. The molecule has 2 aliphatic heterocycles. The van der Waals surface area contributed by atoms with Gasteiger partial charge in [0.05, 0.1) is 24.5 Å². The minimum absolute atomic E-state index is 1.22. The average Bonchev–Trinajstić information content (AvgIpc) is 2.50. The van der Waals surface area contributed by atoms with Gasteiger partial charge in [-0.2, -0.15) is 0 Å². The standard InChI is InChI=1S/C20H36N4/c1-2-8-14-20-19(13-7-1)21-15-9-3-5-11-17-23(21)24-18-12-6-4-10-16-22(20)24/h1-18H2. The van der Waals surface area contributed by atoms with E-state index in [2.05, 4.69) is 19.0 Å². The Balaban J connectivity index is 1.87. The van der Waals surface area contributed by atoms with Crippen LogP contribution < -0.4 is 0 Å². The number of rotatable bonds is 0. The fourth-order valence-corrected chi connectivity index (χ4v) is 5.02. The van der Waals surface area contributed by atoms with E-state index in [1.165, 1.54) is 116 Å². The molecule has 0 unspecified atom stereocenters. The zero-order valence-corrected chi connectivity index (χ0v) is 15.5. The number of aromatic nitrogens is 4. The molecule has 0 saturated heterocycles. The van der Waals surface area contributed by atoms with E-state index in [-0.39, 0.29) is 0 Å². The number of hydrogen-bond acceptors (Lipinski definition) is 0. The fraction of sp³-hybridized carbons (Fsp3) is 0.900. The zero-order chi connectivity index (χ0) is 16.2. The molecule has 24 heavy (non-hydrogen) atoms. The number of fused-ring (bicyclic) bond motifs is 6. The first-order chi connectivity index (χ1) is 11.9. The maximum atomic E-state index is 2.72. The van der Waals surface area contributed by atoms with Crippen molar-refractivity contribution in [2.45, 2.75) is 116 Å². The summed E-state index contributed by atoms with van der Waals surface area (Å²) in [4.78, 5) is 5.32. The highest BCUT2D eigenvalue weighted by molar-refractivity contribution is 5.13. The molecule has 0 atom stereocenters. The summed E-state index contributed by atoms with van der Waals surface area (Å²) in [5, 5.41) is 0. The van der Waals surface area contributed by atoms with Crippen molar-refractivity contribution in [2.24, 2.45) is 0 Å². The smallest absolute Gasteiger partial charge is 0.0582 e. The quantitative estimate of drug-likeness (QED) is 0.649. The largest absolute Gasteiger partial charge is 0.272 e. The van der Waals surface area contributed by atoms with Crippen LogP contribution in [-0.2, 0) is 39.0 Å². The third-order valence-electron chi connectivity index (χ3n) is 6.31. The second-order valence-electron chi connectivity index (χ2n) is 8.07. The van der Waals surface area contributed by atoms with Gasteiger partial charge in [-0.3, -0.25) is 9.36 Å². The highest BCUT2D eigenvalue weighted by Gasteiger charge is 2.21. The monoisotopic (exact) mass is 332 g/mol. The summed E-state index contributed by atoms with van der Waals surface area (Å²) in [5.41, 5.74) is 3.38. The first-order valence-electron chi connectivity index (χ1n) is 10.8. The molecule has 4 rings (SSSR count). The minimum atomic E-state index is 1.22. The highest BCUT2D eigenvalue weighted by atomic mass is 15.7. The van der Waals surface area contributed by atoms with Gasteiger partial charge in [0, 0.05) is 13.1 Å². The fourth-order valence-electron chi connectivity index (χ4n) is 5.02. The first kappa shape index (κ1) is 16.4. The third kappa shape index (κ3) is 3.34. The van der Waals surface area contributed by atoms with Crippen LogP contribution in [0.1, 0.15) is 88.4 Å². The summed E-state index contributed by atoms with van der Waals surface area (Å²) in [6.45, 7) is 4.91. The molecule has 4 nitrogen and oxygen atoms in total. The van der Waals surface area contributed by atoms with Gasteiger partial charge in [-0.15, -0.1) is 0 Å². The van der Waals surface area contributed by atoms with Crippen LogP contribution in [0, 0.1) is 0 Å². The van der Waals surface area contributed by atoms with Crippen molar-refractivity contribution in [1.82, 2.24) is 19.0 Å². The molecule has 1 aromatic rings. The Labute approximate surface area is 147 Å². The number of nitrogens with zero attached hydrogens (tertiary/aromatic N) is 4. The van der Waals surface area contributed by atoms with Gasteiger partial charge in [-0.1, -0.05) is 38.5 Å². The molecular formula is C20H36N4. The Kier molecular flexibility index (Phi) is 5.39. The molecule has 0 aromatic carbocycles. The lowest BCUT2D eigenvalue weighted by Gasteiger charge is -2.36. The molecule has 1 aromatic heterocycles.